The fourth-order valence-electron chi connectivity index (χ4n) is 4.58. The molecule has 2 N–H and O–H groups in total. The van der Waals surface area contributed by atoms with Crippen LogP contribution >= 0.6 is 0 Å². The third-order valence-electron chi connectivity index (χ3n) is 5.89. The summed E-state index contributed by atoms with van der Waals surface area (Å²) in [6.45, 7) is 3.16. The Morgan fingerprint density at radius 2 is 1.96 bits per heavy atom. The number of hydrogen-bond donors (Lipinski definition) is 2. The van der Waals surface area contributed by atoms with Gasteiger partial charge in [0.2, 0.25) is 5.91 Å². The molecule has 2 saturated heterocycles. The van der Waals surface area contributed by atoms with Gasteiger partial charge in [-0.05, 0) is 50.8 Å². The number of hydrogen-bond acceptors (Lipinski definition) is 4. The first kappa shape index (κ1) is 17.2. The van der Waals surface area contributed by atoms with Crippen LogP contribution in [0, 0.1) is 5.92 Å². The van der Waals surface area contributed by atoms with Crippen LogP contribution in [0.25, 0.3) is 10.8 Å². The molecule has 2 fully saturated rings. The summed E-state index contributed by atoms with van der Waals surface area (Å²) in [5.41, 5.74) is 0.407. The van der Waals surface area contributed by atoms with Gasteiger partial charge in [0, 0.05) is 18.0 Å². The maximum atomic E-state index is 12.5. The van der Waals surface area contributed by atoms with Crippen LogP contribution in [0.4, 0.5) is 0 Å². The van der Waals surface area contributed by atoms with Gasteiger partial charge in [-0.3, -0.25) is 9.59 Å². The van der Waals surface area contributed by atoms with Gasteiger partial charge in [0.25, 0.3) is 5.56 Å². The number of carbonyl (C=O) groups excluding carboxylic acids is 1. The molecule has 2 atom stereocenters. The Bertz CT molecular complexity index is 845. The van der Waals surface area contributed by atoms with E-state index in [0.29, 0.717) is 23.0 Å². The molecule has 6 heteroatoms. The molecule has 0 saturated carbocycles. The van der Waals surface area contributed by atoms with Crippen LogP contribution in [0.5, 0.6) is 0 Å². The number of fused-ring (bicyclic) bond motifs is 2. The fourth-order valence-corrected chi connectivity index (χ4v) is 4.58. The SMILES string of the molecule is O=C(Cc1n[nH]c(=O)c2ccccc12)NC[C@@H]1CCCN2CCCC[C@H]12. The van der Waals surface area contributed by atoms with E-state index in [9.17, 15) is 9.59 Å². The number of benzene rings is 1. The normalized spacial score (nSPS) is 23.5. The van der Waals surface area contributed by atoms with E-state index >= 15 is 0 Å². The molecule has 1 amide bonds. The summed E-state index contributed by atoms with van der Waals surface area (Å²) in [7, 11) is 0. The van der Waals surface area contributed by atoms with Crippen molar-refractivity contribution in [1.82, 2.24) is 20.4 Å². The van der Waals surface area contributed by atoms with Crippen LogP contribution in [0.3, 0.4) is 0 Å². The number of amides is 1. The van der Waals surface area contributed by atoms with Crippen LogP contribution in [0.2, 0.25) is 0 Å². The number of aromatic amines is 1. The summed E-state index contributed by atoms with van der Waals surface area (Å²) < 4.78 is 0. The van der Waals surface area contributed by atoms with Crippen LogP contribution < -0.4 is 10.9 Å². The molecule has 3 heterocycles. The molecule has 26 heavy (non-hydrogen) atoms. The summed E-state index contributed by atoms with van der Waals surface area (Å²) in [5, 5.41) is 11.0. The second-order valence-electron chi connectivity index (χ2n) is 7.53. The average Bonchev–Trinajstić information content (AvgIpc) is 2.69. The Hall–Kier alpha value is -2.21. The molecule has 6 nitrogen and oxygen atoms in total. The Morgan fingerprint density at radius 3 is 2.85 bits per heavy atom. The monoisotopic (exact) mass is 354 g/mol. The summed E-state index contributed by atoms with van der Waals surface area (Å²) >= 11 is 0. The van der Waals surface area contributed by atoms with Crippen molar-refractivity contribution in [2.75, 3.05) is 19.6 Å². The van der Waals surface area contributed by atoms with Crippen molar-refractivity contribution in [2.45, 2.75) is 44.6 Å². The molecule has 1 aromatic carbocycles. The zero-order valence-corrected chi connectivity index (χ0v) is 15.0. The summed E-state index contributed by atoms with van der Waals surface area (Å²) in [5.74, 6) is 0.524. The minimum absolute atomic E-state index is 0.0253. The first-order valence-electron chi connectivity index (χ1n) is 9.69. The third kappa shape index (κ3) is 3.51. The Labute approximate surface area is 153 Å². The van der Waals surface area contributed by atoms with E-state index in [1.165, 1.54) is 45.2 Å². The predicted molar refractivity (Wildman–Crippen MR) is 101 cm³/mol. The molecule has 0 spiro atoms. The Morgan fingerprint density at radius 1 is 1.15 bits per heavy atom. The molecule has 2 aliphatic heterocycles. The topological polar surface area (TPSA) is 78.1 Å². The lowest BCUT2D eigenvalue weighted by Gasteiger charge is -2.44. The summed E-state index contributed by atoms with van der Waals surface area (Å²) in [6, 6.07) is 7.92. The van der Waals surface area contributed by atoms with Crippen molar-refractivity contribution in [3.05, 3.63) is 40.3 Å². The molecular weight excluding hydrogens is 328 g/mol. The van der Waals surface area contributed by atoms with Gasteiger partial charge in [-0.25, -0.2) is 5.10 Å². The molecule has 138 valence electrons. The standard InChI is InChI=1S/C20H26N4O2/c25-19(12-17-15-7-1-2-8-16(15)20(26)23-22-17)21-13-14-6-5-11-24-10-4-3-9-18(14)24/h1-2,7-8,14,18H,3-6,9-13H2,(H,21,25)(H,23,26)/t14-,18+/m0/s1. The smallest absolute Gasteiger partial charge is 0.272 e. The van der Waals surface area contributed by atoms with E-state index in [1.54, 1.807) is 6.07 Å². The summed E-state index contributed by atoms with van der Waals surface area (Å²) in [6.07, 6.45) is 6.48. The number of nitrogens with one attached hydrogen (secondary N) is 2. The molecule has 1 aromatic heterocycles. The van der Waals surface area contributed by atoms with Gasteiger partial charge in [-0.1, -0.05) is 24.6 Å². The van der Waals surface area contributed by atoms with Crippen molar-refractivity contribution < 1.29 is 4.79 Å². The molecule has 0 aliphatic carbocycles. The van der Waals surface area contributed by atoms with Crippen molar-refractivity contribution in [1.29, 1.82) is 0 Å². The predicted octanol–water partition coefficient (Wildman–Crippen LogP) is 1.85. The molecule has 0 unspecified atom stereocenters. The van der Waals surface area contributed by atoms with Crippen molar-refractivity contribution in [2.24, 2.45) is 5.92 Å². The van der Waals surface area contributed by atoms with Gasteiger partial charge in [-0.2, -0.15) is 5.10 Å². The van der Waals surface area contributed by atoms with Gasteiger partial charge in [0.1, 0.15) is 0 Å². The fraction of sp³-hybridized carbons (Fsp3) is 0.550. The first-order chi connectivity index (χ1) is 12.7. The van der Waals surface area contributed by atoms with E-state index in [1.807, 2.05) is 18.2 Å². The zero-order valence-electron chi connectivity index (χ0n) is 15.0. The second kappa shape index (κ2) is 7.58. The van der Waals surface area contributed by atoms with Crippen LogP contribution in [-0.4, -0.2) is 46.7 Å². The lowest BCUT2D eigenvalue weighted by atomic mass is 9.83. The van der Waals surface area contributed by atoms with Gasteiger partial charge < -0.3 is 10.2 Å². The Balaban J connectivity index is 1.40. The zero-order chi connectivity index (χ0) is 17.9. The lowest BCUT2D eigenvalue weighted by Crippen LogP contribution is -2.51. The Kier molecular flexibility index (Phi) is 5.02. The third-order valence-corrected chi connectivity index (χ3v) is 5.89. The molecule has 2 aliphatic rings. The van der Waals surface area contributed by atoms with E-state index < -0.39 is 0 Å². The highest BCUT2D eigenvalue weighted by molar-refractivity contribution is 5.88. The van der Waals surface area contributed by atoms with Gasteiger partial charge in [-0.15, -0.1) is 0 Å². The van der Waals surface area contributed by atoms with Crippen molar-refractivity contribution in [3.63, 3.8) is 0 Å². The quantitative estimate of drug-likeness (QED) is 0.878. The maximum Gasteiger partial charge on any atom is 0.272 e. The summed E-state index contributed by atoms with van der Waals surface area (Å²) in [4.78, 5) is 27.0. The highest BCUT2D eigenvalue weighted by Crippen LogP contribution is 2.30. The van der Waals surface area contributed by atoms with Crippen molar-refractivity contribution in [3.8, 4) is 0 Å². The average molecular weight is 354 g/mol. The minimum Gasteiger partial charge on any atom is -0.355 e. The molecule has 4 rings (SSSR count). The number of piperidine rings is 2. The maximum absolute atomic E-state index is 12.5. The van der Waals surface area contributed by atoms with E-state index in [-0.39, 0.29) is 17.9 Å². The molecule has 2 aromatic rings. The van der Waals surface area contributed by atoms with Gasteiger partial charge >= 0.3 is 0 Å². The number of H-pyrrole nitrogens is 1. The number of rotatable bonds is 4. The van der Waals surface area contributed by atoms with Crippen LogP contribution in [-0.2, 0) is 11.2 Å². The van der Waals surface area contributed by atoms with Crippen LogP contribution in [0.1, 0.15) is 37.8 Å². The minimum atomic E-state index is -0.218. The highest BCUT2D eigenvalue weighted by Gasteiger charge is 2.32. The highest BCUT2D eigenvalue weighted by atomic mass is 16.1. The number of nitrogens with zero attached hydrogens (tertiary/aromatic N) is 2. The largest absolute Gasteiger partial charge is 0.355 e. The lowest BCUT2D eigenvalue weighted by molar-refractivity contribution is -0.120. The number of carbonyl (C=O) groups is 1. The van der Waals surface area contributed by atoms with E-state index in [2.05, 4.69) is 20.4 Å². The van der Waals surface area contributed by atoms with Gasteiger partial charge in [0.15, 0.2) is 0 Å². The molecule has 0 bridgehead atoms. The number of aromatic nitrogens is 2. The molecule has 0 radical (unpaired) electrons. The second-order valence-corrected chi connectivity index (χ2v) is 7.53. The first-order valence-corrected chi connectivity index (χ1v) is 9.69. The molecular formula is C20H26N4O2. The van der Waals surface area contributed by atoms with Gasteiger partial charge in [0.05, 0.1) is 17.5 Å². The van der Waals surface area contributed by atoms with Crippen LogP contribution in [0.15, 0.2) is 29.1 Å². The van der Waals surface area contributed by atoms with Crippen molar-refractivity contribution >= 4 is 16.7 Å². The van der Waals surface area contributed by atoms with E-state index in [4.69, 9.17) is 0 Å². The van der Waals surface area contributed by atoms with E-state index in [0.717, 1.165) is 11.9 Å².